The van der Waals surface area contributed by atoms with Gasteiger partial charge in [0.15, 0.2) is 11.5 Å². The van der Waals surface area contributed by atoms with Crippen LogP contribution in [0.2, 0.25) is 0 Å². The van der Waals surface area contributed by atoms with E-state index >= 15 is 0 Å². The summed E-state index contributed by atoms with van der Waals surface area (Å²) >= 11 is 0. The molecule has 4 nitrogen and oxygen atoms in total. The minimum absolute atomic E-state index is 0.136. The maximum Gasteiger partial charge on any atom is 0.160 e. The van der Waals surface area contributed by atoms with Crippen LogP contribution in [0.15, 0.2) is 29.5 Å². The van der Waals surface area contributed by atoms with Gasteiger partial charge in [-0.2, -0.15) is 0 Å². The number of ether oxygens (including phenoxy) is 3. The zero-order valence-corrected chi connectivity index (χ0v) is 13.5. The Hall–Kier alpha value is -1.30. The van der Waals surface area contributed by atoms with E-state index in [0.29, 0.717) is 6.61 Å². The topological polar surface area (TPSA) is 47.9 Å². The van der Waals surface area contributed by atoms with Crippen molar-refractivity contribution in [1.29, 1.82) is 0 Å². The summed E-state index contributed by atoms with van der Waals surface area (Å²) in [6.07, 6.45) is 3.85. The lowest BCUT2D eigenvalue weighted by Gasteiger charge is -2.27. The van der Waals surface area contributed by atoms with E-state index < -0.39 is 6.10 Å². The van der Waals surface area contributed by atoms with E-state index in [-0.39, 0.29) is 6.10 Å². The van der Waals surface area contributed by atoms with Gasteiger partial charge in [0.2, 0.25) is 0 Å². The number of aliphatic hydroxyl groups excluding tert-OH is 1. The number of hydrogen-bond donors (Lipinski definition) is 1. The average Bonchev–Trinajstić information content (AvgIpc) is 2.51. The van der Waals surface area contributed by atoms with Crippen molar-refractivity contribution in [3.8, 4) is 11.5 Å². The van der Waals surface area contributed by atoms with Gasteiger partial charge >= 0.3 is 0 Å². The molecule has 0 bridgehead atoms. The van der Waals surface area contributed by atoms with Crippen molar-refractivity contribution in [3.05, 3.63) is 35.0 Å². The molecule has 3 radical (unpaired) electrons. The fraction of sp³-hybridized carbons (Fsp3) is 0.500. The van der Waals surface area contributed by atoms with Crippen LogP contribution in [0, 0.1) is 0 Å². The molecule has 5 heteroatoms. The molecule has 0 fully saturated rings. The second-order valence-electron chi connectivity index (χ2n) is 5.03. The Kier molecular flexibility index (Phi) is 5.84. The van der Waals surface area contributed by atoms with Crippen LogP contribution >= 0.6 is 0 Å². The van der Waals surface area contributed by atoms with Crippen molar-refractivity contribution in [3.63, 3.8) is 0 Å². The smallest absolute Gasteiger partial charge is 0.160 e. The van der Waals surface area contributed by atoms with Gasteiger partial charge in [0.05, 0.1) is 43.3 Å². The first-order valence-corrected chi connectivity index (χ1v) is 7.58. The van der Waals surface area contributed by atoms with Crippen molar-refractivity contribution < 1.29 is 19.3 Å². The van der Waals surface area contributed by atoms with Gasteiger partial charge in [-0.25, -0.2) is 0 Å². The van der Waals surface area contributed by atoms with Gasteiger partial charge in [-0.15, -0.1) is 0 Å². The van der Waals surface area contributed by atoms with Crippen LogP contribution in [-0.4, -0.2) is 48.4 Å². The van der Waals surface area contributed by atoms with Crippen LogP contribution in [0.4, 0.5) is 0 Å². The maximum absolute atomic E-state index is 10.0. The lowest BCUT2D eigenvalue weighted by molar-refractivity contribution is -0.0257. The van der Waals surface area contributed by atoms with E-state index in [0.717, 1.165) is 41.5 Å². The molecule has 0 unspecified atom stereocenters. The molecule has 0 spiro atoms. The summed E-state index contributed by atoms with van der Waals surface area (Å²) in [5.74, 6) is 1.44. The van der Waals surface area contributed by atoms with Gasteiger partial charge in [-0.3, -0.25) is 0 Å². The minimum atomic E-state index is -0.555. The van der Waals surface area contributed by atoms with E-state index in [1.54, 1.807) is 14.2 Å². The lowest BCUT2D eigenvalue weighted by atomic mass is 10.0. The molecule has 0 saturated carbocycles. The summed E-state index contributed by atoms with van der Waals surface area (Å²) in [6.45, 7) is 0.566. The Morgan fingerprint density at radius 2 is 2.00 bits per heavy atom. The normalized spacial score (nSPS) is 21.8. The summed E-state index contributed by atoms with van der Waals surface area (Å²) in [7, 11) is 6.67. The second kappa shape index (κ2) is 7.63. The van der Waals surface area contributed by atoms with Crippen LogP contribution < -0.4 is 9.47 Å². The highest BCUT2D eigenvalue weighted by molar-refractivity contribution is 6.22. The van der Waals surface area contributed by atoms with Crippen LogP contribution in [0.5, 0.6) is 11.5 Å². The standard InChI is InChI=1S/C16H21O4Si/c1-18-12-7-6-11(10-14(12)19-2)8-9-20-13-4-3-5-15(21)16(13)17/h5-7,10,13,16-17H,3-4,8-9H2,1-2H3/t13-,16-/m0/s1. The molecule has 2 rings (SSSR count). The number of hydrogen-bond acceptors (Lipinski definition) is 4. The molecule has 0 saturated heterocycles. The van der Waals surface area contributed by atoms with Gasteiger partial charge in [0.1, 0.15) is 0 Å². The molecule has 113 valence electrons. The third-order valence-corrected chi connectivity index (χ3v) is 4.16. The molecule has 0 heterocycles. The number of aliphatic hydroxyl groups is 1. The Balaban J connectivity index is 1.87. The summed E-state index contributed by atoms with van der Waals surface area (Å²) in [6, 6.07) is 5.84. The zero-order chi connectivity index (χ0) is 15.2. The van der Waals surface area contributed by atoms with Crippen molar-refractivity contribution in [1.82, 2.24) is 0 Å². The fourth-order valence-corrected chi connectivity index (χ4v) is 2.75. The summed E-state index contributed by atoms with van der Waals surface area (Å²) in [5.41, 5.74) is 1.12. The van der Waals surface area contributed by atoms with Crippen LogP contribution in [0.3, 0.4) is 0 Å². The SMILES string of the molecule is COc1ccc(CCO[C@H]2CCC=C([Si])[C@H]2O)cc1OC. The highest BCUT2D eigenvalue weighted by Gasteiger charge is 2.23. The second-order valence-corrected chi connectivity index (χ2v) is 5.61. The Labute approximate surface area is 129 Å². The molecule has 0 aromatic heterocycles. The van der Waals surface area contributed by atoms with E-state index in [2.05, 4.69) is 10.2 Å². The largest absolute Gasteiger partial charge is 0.493 e. The summed E-state index contributed by atoms with van der Waals surface area (Å²) in [4.78, 5) is 0. The first-order chi connectivity index (χ1) is 10.2. The molecular formula is C16H21O4Si. The third kappa shape index (κ3) is 4.09. The van der Waals surface area contributed by atoms with Crippen LogP contribution in [-0.2, 0) is 11.2 Å². The predicted octanol–water partition coefficient (Wildman–Crippen LogP) is 1.84. The van der Waals surface area contributed by atoms with E-state index in [4.69, 9.17) is 14.2 Å². The number of methoxy groups -OCH3 is 2. The predicted molar refractivity (Wildman–Crippen MR) is 82.1 cm³/mol. The van der Waals surface area contributed by atoms with Crippen LogP contribution in [0.1, 0.15) is 18.4 Å². The van der Waals surface area contributed by atoms with Gasteiger partial charge in [0.25, 0.3) is 0 Å². The van der Waals surface area contributed by atoms with Crippen molar-refractivity contribution in [2.24, 2.45) is 0 Å². The average molecular weight is 305 g/mol. The molecule has 1 aromatic rings. The summed E-state index contributed by atoms with van der Waals surface area (Å²) < 4.78 is 16.3. The first-order valence-electron chi connectivity index (χ1n) is 7.08. The van der Waals surface area contributed by atoms with Gasteiger partial charge in [-0.1, -0.05) is 17.3 Å². The fourth-order valence-electron chi connectivity index (χ4n) is 2.42. The van der Waals surface area contributed by atoms with Crippen molar-refractivity contribution in [2.75, 3.05) is 20.8 Å². The molecular weight excluding hydrogens is 284 g/mol. The van der Waals surface area contributed by atoms with E-state index in [1.165, 1.54) is 0 Å². The molecule has 1 aromatic carbocycles. The Morgan fingerprint density at radius 1 is 1.24 bits per heavy atom. The van der Waals surface area contributed by atoms with E-state index in [9.17, 15) is 5.11 Å². The monoisotopic (exact) mass is 305 g/mol. The molecule has 21 heavy (non-hydrogen) atoms. The highest BCUT2D eigenvalue weighted by Crippen LogP contribution is 2.28. The molecule has 0 amide bonds. The third-order valence-electron chi connectivity index (χ3n) is 3.66. The minimum Gasteiger partial charge on any atom is -0.493 e. The number of allylic oxidation sites excluding steroid dienone is 1. The van der Waals surface area contributed by atoms with Gasteiger partial charge in [0, 0.05) is 0 Å². The van der Waals surface area contributed by atoms with Gasteiger partial charge < -0.3 is 19.3 Å². The van der Waals surface area contributed by atoms with Gasteiger partial charge in [-0.05, 0) is 37.0 Å². The Bertz CT molecular complexity index is 501. The first kappa shape index (κ1) is 16.1. The number of rotatable bonds is 6. The van der Waals surface area contributed by atoms with Crippen LogP contribution in [0.25, 0.3) is 0 Å². The van der Waals surface area contributed by atoms with E-state index in [1.807, 2.05) is 24.3 Å². The number of benzene rings is 1. The molecule has 1 aliphatic carbocycles. The molecule has 0 aliphatic heterocycles. The summed E-state index contributed by atoms with van der Waals surface area (Å²) in [5, 5.41) is 10.8. The maximum atomic E-state index is 10.0. The molecule has 2 atom stereocenters. The quantitative estimate of drug-likeness (QED) is 0.815. The van der Waals surface area contributed by atoms with Crippen molar-refractivity contribution >= 4 is 10.2 Å². The molecule has 1 aliphatic rings. The lowest BCUT2D eigenvalue weighted by Crippen LogP contribution is -2.34. The highest BCUT2D eigenvalue weighted by atomic mass is 28.1. The molecule has 1 N–H and O–H groups in total. The Morgan fingerprint density at radius 3 is 2.71 bits per heavy atom. The van der Waals surface area contributed by atoms with Crippen molar-refractivity contribution in [2.45, 2.75) is 31.5 Å². The zero-order valence-electron chi connectivity index (χ0n) is 12.5.